The molecule has 0 unspecified atom stereocenters. The van der Waals surface area contributed by atoms with Crippen molar-refractivity contribution < 1.29 is 9.47 Å². The number of hydrogen-bond donors (Lipinski definition) is 1. The number of para-hydroxylation sites is 1. The van der Waals surface area contributed by atoms with E-state index in [1.807, 2.05) is 41.3 Å². The monoisotopic (exact) mass is 360 g/mol. The van der Waals surface area contributed by atoms with Gasteiger partial charge in [0.2, 0.25) is 0 Å². The first-order chi connectivity index (χ1) is 11.5. The van der Waals surface area contributed by atoms with E-state index in [1.165, 1.54) is 0 Å². The number of nitrogens with one attached hydrogen (secondary N) is 1. The van der Waals surface area contributed by atoms with E-state index in [1.54, 1.807) is 7.11 Å². The molecule has 2 heterocycles. The molecular formula is C18H17ClN2O2S. The van der Waals surface area contributed by atoms with E-state index >= 15 is 0 Å². The highest BCUT2D eigenvalue weighted by Crippen LogP contribution is 2.49. The van der Waals surface area contributed by atoms with Crippen LogP contribution in [0.1, 0.15) is 24.9 Å². The van der Waals surface area contributed by atoms with Gasteiger partial charge in [-0.1, -0.05) is 23.7 Å². The first-order valence-corrected chi connectivity index (χ1v) is 8.53. The van der Waals surface area contributed by atoms with Crippen molar-refractivity contribution in [3.8, 4) is 11.5 Å². The van der Waals surface area contributed by atoms with Crippen LogP contribution in [0, 0.1) is 0 Å². The molecule has 1 saturated heterocycles. The van der Waals surface area contributed by atoms with Crippen LogP contribution in [-0.2, 0) is 0 Å². The van der Waals surface area contributed by atoms with Gasteiger partial charge >= 0.3 is 0 Å². The third kappa shape index (κ3) is 2.31. The number of thiocarbonyl (C=S) groups is 1. The normalized spacial score (nSPS) is 24.7. The van der Waals surface area contributed by atoms with E-state index in [0.29, 0.717) is 10.1 Å². The molecule has 2 aromatic rings. The van der Waals surface area contributed by atoms with E-state index in [-0.39, 0.29) is 6.04 Å². The SMILES string of the molecule is COc1cccc2c1O[C@]1(C)C[C@@H]2NC(=S)N1c1ccc(Cl)cc1. The third-order valence-electron chi connectivity index (χ3n) is 4.57. The Morgan fingerprint density at radius 3 is 2.75 bits per heavy atom. The van der Waals surface area contributed by atoms with Gasteiger partial charge in [-0.3, -0.25) is 4.90 Å². The molecule has 4 rings (SSSR count). The Balaban J connectivity index is 1.81. The summed E-state index contributed by atoms with van der Waals surface area (Å²) in [7, 11) is 1.65. The number of rotatable bonds is 2. The number of nitrogens with zero attached hydrogens (tertiary/aromatic N) is 1. The summed E-state index contributed by atoms with van der Waals surface area (Å²) in [5.41, 5.74) is 1.42. The summed E-state index contributed by atoms with van der Waals surface area (Å²) in [5.74, 6) is 1.50. The molecule has 0 aromatic heterocycles. The maximum Gasteiger partial charge on any atom is 0.188 e. The largest absolute Gasteiger partial charge is 0.493 e. The first kappa shape index (κ1) is 15.5. The lowest BCUT2D eigenvalue weighted by atomic mass is 9.90. The van der Waals surface area contributed by atoms with E-state index in [2.05, 4.69) is 18.3 Å². The van der Waals surface area contributed by atoms with Crippen molar-refractivity contribution in [1.29, 1.82) is 0 Å². The van der Waals surface area contributed by atoms with Gasteiger partial charge in [-0.05, 0) is 49.5 Å². The zero-order valence-corrected chi connectivity index (χ0v) is 14.9. The van der Waals surface area contributed by atoms with Crippen molar-refractivity contribution in [2.24, 2.45) is 0 Å². The standard InChI is InChI=1S/C18H17ClN2O2S/c1-18-10-14(13-4-3-5-15(22-2)16(13)23-18)20-17(24)21(18)12-8-6-11(19)7-9-12/h3-9,14H,10H2,1-2H3,(H,20,24)/t14-,18+/m0/s1. The molecule has 2 aromatic carbocycles. The van der Waals surface area contributed by atoms with Gasteiger partial charge in [0, 0.05) is 22.7 Å². The van der Waals surface area contributed by atoms with Crippen LogP contribution in [0.25, 0.3) is 0 Å². The molecule has 4 nitrogen and oxygen atoms in total. The Labute approximate surface area is 151 Å². The summed E-state index contributed by atoms with van der Waals surface area (Å²) < 4.78 is 11.9. The Kier molecular flexibility index (Phi) is 3.58. The quantitative estimate of drug-likeness (QED) is 0.808. The molecule has 0 spiro atoms. The van der Waals surface area contributed by atoms with Crippen molar-refractivity contribution in [3.05, 3.63) is 53.1 Å². The fourth-order valence-corrected chi connectivity index (χ4v) is 4.07. The Morgan fingerprint density at radius 2 is 2.04 bits per heavy atom. The van der Waals surface area contributed by atoms with E-state index < -0.39 is 5.72 Å². The van der Waals surface area contributed by atoms with Crippen LogP contribution < -0.4 is 19.7 Å². The second-order valence-electron chi connectivity index (χ2n) is 6.17. The topological polar surface area (TPSA) is 33.7 Å². The number of halogens is 1. The molecule has 0 saturated carbocycles. The smallest absolute Gasteiger partial charge is 0.188 e. The summed E-state index contributed by atoms with van der Waals surface area (Å²) in [6.07, 6.45) is 0.774. The number of methoxy groups -OCH3 is 1. The molecule has 24 heavy (non-hydrogen) atoms. The highest BCUT2D eigenvalue weighted by Gasteiger charge is 2.49. The molecular weight excluding hydrogens is 344 g/mol. The number of anilines is 1. The molecule has 2 bridgehead atoms. The highest BCUT2D eigenvalue weighted by molar-refractivity contribution is 7.80. The minimum Gasteiger partial charge on any atom is -0.493 e. The zero-order chi connectivity index (χ0) is 16.9. The predicted molar refractivity (Wildman–Crippen MR) is 99.0 cm³/mol. The summed E-state index contributed by atoms with van der Waals surface area (Å²) in [6.45, 7) is 2.05. The fraction of sp³-hybridized carbons (Fsp3) is 0.278. The second-order valence-corrected chi connectivity index (χ2v) is 7.00. The first-order valence-electron chi connectivity index (χ1n) is 7.74. The molecule has 2 atom stereocenters. The summed E-state index contributed by atoms with van der Waals surface area (Å²) in [5, 5.41) is 4.76. The van der Waals surface area contributed by atoms with Gasteiger partial charge in [-0.2, -0.15) is 0 Å². The molecule has 6 heteroatoms. The number of benzene rings is 2. The van der Waals surface area contributed by atoms with Crippen LogP contribution in [0.15, 0.2) is 42.5 Å². The number of fused-ring (bicyclic) bond motifs is 4. The van der Waals surface area contributed by atoms with E-state index in [4.69, 9.17) is 33.3 Å². The van der Waals surface area contributed by atoms with Gasteiger partial charge in [-0.25, -0.2) is 0 Å². The van der Waals surface area contributed by atoms with Crippen LogP contribution in [0.2, 0.25) is 5.02 Å². The molecule has 1 fully saturated rings. The van der Waals surface area contributed by atoms with Gasteiger partial charge in [0.25, 0.3) is 0 Å². The van der Waals surface area contributed by atoms with E-state index in [9.17, 15) is 0 Å². The summed E-state index contributed by atoms with van der Waals surface area (Å²) >= 11 is 11.6. The van der Waals surface area contributed by atoms with Crippen molar-refractivity contribution in [1.82, 2.24) is 5.32 Å². The number of hydrogen-bond acceptors (Lipinski definition) is 3. The van der Waals surface area contributed by atoms with Crippen LogP contribution in [0.5, 0.6) is 11.5 Å². The van der Waals surface area contributed by atoms with Crippen LogP contribution in [-0.4, -0.2) is 17.9 Å². The molecule has 0 amide bonds. The minimum absolute atomic E-state index is 0.102. The Morgan fingerprint density at radius 1 is 1.29 bits per heavy atom. The highest BCUT2D eigenvalue weighted by atomic mass is 35.5. The summed E-state index contributed by atoms with van der Waals surface area (Å²) in [6, 6.07) is 13.6. The minimum atomic E-state index is -0.595. The van der Waals surface area contributed by atoms with Crippen molar-refractivity contribution >= 4 is 34.6 Å². The molecule has 0 radical (unpaired) electrons. The molecule has 0 aliphatic carbocycles. The zero-order valence-electron chi connectivity index (χ0n) is 13.4. The Bertz CT molecular complexity index is 811. The maximum atomic E-state index is 6.42. The molecule has 2 aliphatic heterocycles. The third-order valence-corrected chi connectivity index (χ3v) is 5.12. The number of ether oxygens (including phenoxy) is 2. The van der Waals surface area contributed by atoms with Gasteiger partial charge in [-0.15, -0.1) is 0 Å². The molecule has 1 N–H and O–H groups in total. The second kappa shape index (κ2) is 5.53. The lowest BCUT2D eigenvalue weighted by Gasteiger charge is -2.52. The van der Waals surface area contributed by atoms with Gasteiger partial charge in [0.05, 0.1) is 13.2 Å². The maximum absolute atomic E-state index is 6.42. The van der Waals surface area contributed by atoms with Crippen LogP contribution >= 0.6 is 23.8 Å². The predicted octanol–water partition coefficient (Wildman–Crippen LogP) is 4.28. The van der Waals surface area contributed by atoms with Crippen molar-refractivity contribution in [3.63, 3.8) is 0 Å². The Hall–Kier alpha value is -1.98. The van der Waals surface area contributed by atoms with Crippen molar-refractivity contribution in [2.45, 2.75) is 25.1 Å². The fourth-order valence-electron chi connectivity index (χ4n) is 3.50. The lowest BCUT2D eigenvalue weighted by molar-refractivity contribution is 0.0464. The van der Waals surface area contributed by atoms with Gasteiger partial charge in [0.15, 0.2) is 22.3 Å². The van der Waals surface area contributed by atoms with E-state index in [0.717, 1.165) is 29.2 Å². The lowest BCUT2D eigenvalue weighted by Crippen LogP contribution is -2.65. The van der Waals surface area contributed by atoms with Crippen molar-refractivity contribution in [2.75, 3.05) is 12.0 Å². The molecule has 2 aliphatic rings. The average molecular weight is 361 g/mol. The summed E-state index contributed by atoms with van der Waals surface area (Å²) in [4.78, 5) is 2.00. The average Bonchev–Trinajstić information content (AvgIpc) is 2.55. The molecule has 124 valence electrons. The van der Waals surface area contributed by atoms with Gasteiger partial charge in [0.1, 0.15) is 0 Å². The van der Waals surface area contributed by atoms with Gasteiger partial charge < -0.3 is 14.8 Å². The van der Waals surface area contributed by atoms with Crippen LogP contribution in [0.4, 0.5) is 5.69 Å². The van der Waals surface area contributed by atoms with Crippen LogP contribution in [0.3, 0.4) is 0 Å².